The largest absolute Gasteiger partial charge is 0.317 e. The van der Waals surface area contributed by atoms with Crippen LogP contribution < -0.4 is 5.32 Å². The number of benzene rings is 1. The lowest BCUT2D eigenvalue weighted by Gasteiger charge is -2.16. The second kappa shape index (κ2) is 7.88. The topological polar surface area (TPSA) is 12.0 Å². The summed E-state index contributed by atoms with van der Waals surface area (Å²) in [6, 6.07) is 9.26. The van der Waals surface area contributed by atoms with E-state index in [4.69, 9.17) is 0 Å². The zero-order valence-electron chi connectivity index (χ0n) is 11.2. The van der Waals surface area contributed by atoms with Gasteiger partial charge in [-0.2, -0.15) is 0 Å². The van der Waals surface area contributed by atoms with E-state index in [1.807, 2.05) is 0 Å². The third-order valence-corrected chi connectivity index (χ3v) is 3.67. The number of likely N-dealkylation sites (N-methyl/N-ethyl adjacent to an activating group) is 1. The standard InChI is InChI=1S/C15H24BrN/c1-12(2)5-4-6-15(17-3)11-13-7-9-14(16)10-8-13/h7-10,12,15,17H,4-6,11H2,1-3H3. The molecule has 0 radical (unpaired) electrons. The van der Waals surface area contributed by atoms with E-state index >= 15 is 0 Å². The molecule has 0 aliphatic heterocycles. The van der Waals surface area contributed by atoms with Gasteiger partial charge in [0, 0.05) is 10.5 Å². The van der Waals surface area contributed by atoms with E-state index in [1.54, 1.807) is 0 Å². The van der Waals surface area contributed by atoms with Crippen molar-refractivity contribution >= 4 is 15.9 Å². The fourth-order valence-electron chi connectivity index (χ4n) is 2.03. The zero-order valence-corrected chi connectivity index (χ0v) is 12.8. The van der Waals surface area contributed by atoms with E-state index in [-0.39, 0.29) is 0 Å². The van der Waals surface area contributed by atoms with Crippen LogP contribution in [0, 0.1) is 5.92 Å². The lowest BCUT2D eigenvalue weighted by atomic mass is 9.98. The fourth-order valence-corrected chi connectivity index (χ4v) is 2.29. The molecule has 0 fully saturated rings. The van der Waals surface area contributed by atoms with Crippen molar-refractivity contribution in [1.82, 2.24) is 5.32 Å². The van der Waals surface area contributed by atoms with Crippen LogP contribution in [0.15, 0.2) is 28.7 Å². The minimum atomic E-state index is 0.606. The van der Waals surface area contributed by atoms with Gasteiger partial charge in [0.1, 0.15) is 0 Å². The first kappa shape index (κ1) is 14.7. The number of hydrogen-bond acceptors (Lipinski definition) is 1. The van der Waals surface area contributed by atoms with Gasteiger partial charge >= 0.3 is 0 Å². The molecule has 1 N–H and O–H groups in total. The third kappa shape index (κ3) is 6.23. The van der Waals surface area contributed by atoms with Crippen LogP contribution in [0.25, 0.3) is 0 Å². The van der Waals surface area contributed by atoms with Gasteiger partial charge in [-0.1, -0.05) is 54.8 Å². The van der Waals surface area contributed by atoms with E-state index < -0.39 is 0 Å². The summed E-state index contributed by atoms with van der Waals surface area (Å²) in [7, 11) is 2.07. The van der Waals surface area contributed by atoms with Crippen molar-refractivity contribution in [3.63, 3.8) is 0 Å². The van der Waals surface area contributed by atoms with Gasteiger partial charge in [0.05, 0.1) is 0 Å². The predicted octanol–water partition coefficient (Wildman–Crippen LogP) is 4.41. The summed E-state index contributed by atoms with van der Waals surface area (Å²) in [5, 5.41) is 3.43. The van der Waals surface area contributed by atoms with Crippen molar-refractivity contribution in [2.24, 2.45) is 5.92 Å². The molecule has 1 aromatic carbocycles. The van der Waals surface area contributed by atoms with Crippen LogP contribution in [0.5, 0.6) is 0 Å². The van der Waals surface area contributed by atoms with E-state index in [0.717, 1.165) is 16.8 Å². The molecule has 2 heteroatoms. The summed E-state index contributed by atoms with van der Waals surface area (Å²) >= 11 is 3.47. The second-order valence-corrected chi connectivity index (χ2v) is 6.06. The Morgan fingerprint density at radius 3 is 2.29 bits per heavy atom. The van der Waals surface area contributed by atoms with Crippen LogP contribution in [0.4, 0.5) is 0 Å². The molecule has 0 aliphatic carbocycles. The van der Waals surface area contributed by atoms with Gasteiger partial charge in [0.25, 0.3) is 0 Å². The molecule has 0 saturated heterocycles. The highest BCUT2D eigenvalue weighted by atomic mass is 79.9. The smallest absolute Gasteiger partial charge is 0.0175 e. The van der Waals surface area contributed by atoms with Gasteiger partial charge < -0.3 is 5.32 Å². The summed E-state index contributed by atoms with van der Waals surface area (Å²) < 4.78 is 1.15. The molecule has 1 atom stereocenters. The van der Waals surface area contributed by atoms with E-state index in [1.165, 1.54) is 24.8 Å². The van der Waals surface area contributed by atoms with Crippen molar-refractivity contribution in [3.8, 4) is 0 Å². The molecular formula is C15H24BrN. The maximum absolute atomic E-state index is 3.47. The Kier molecular flexibility index (Phi) is 6.83. The van der Waals surface area contributed by atoms with Gasteiger partial charge in [-0.15, -0.1) is 0 Å². The molecule has 0 aromatic heterocycles. The maximum Gasteiger partial charge on any atom is 0.0175 e. The number of nitrogens with one attached hydrogen (secondary N) is 1. The van der Waals surface area contributed by atoms with Crippen LogP contribution in [0.2, 0.25) is 0 Å². The molecule has 0 amide bonds. The van der Waals surface area contributed by atoms with Gasteiger partial charge in [-0.25, -0.2) is 0 Å². The number of rotatable bonds is 7. The van der Waals surface area contributed by atoms with Crippen LogP contribution in [0.1, 0.15) is 38.7 Å². The first-order valence-electron chi connectivity index (χ1n) is 6.53. The van der Waals surface area contributed by atoms with Gasteiger partial charge in [-0.3, -0.25) is 0 Å². The normalized spacial score (nSPS) is 13.0. The summed E-state index contributed by atoms with van der Waals surface area (Å²) in [6.07, 6.45) is 5.05. The van der Waals surface area contributed by atoms with Crippen LogP contribution in [-0.2, 0) is 6.42 Å². The minimum Gasteiger partial charge on any atom is -0.317 e. The summed E-state index contributed by atoms with van der Waals surface area (Å²) in [6.45, 7) is 4.59. The molecule has 1 unspecified atom stereocenters. The Morgan fingerprint density at radius 2 is 1.76 bits per heavy atom. The molecule has 0 heterocycles. The molecule has 0 aliphatic rings. The van der Waals surface area contributed by atoms with Crippen LogP contribution in [0.3, 0.4) is 0 Å². The van der Waals surface area contributed by atoms with E-state index in [0.29, 0.717) is 6.04 Å². The van der Waals surface area contributed by atoms with E-state index in [2.05, 4.69) is 66.4 Å². The molecule has 0 spiro atoms. The van der Waals surface area contributed by atoms with Crippen molar-refractivity contribution in [3.05, 3.63) is 34.3 Å². The Balaban J connectivity index is 2.38. The van der Waals surface area contributed by atoms with Crippen molar-refractivity contribution in [2.75, 3.05) is 7.05 Å². The Hall–Kier alpha value is -0.340. The highest BCUT2D eigenvalue weighted by Gasteiger charge is 2.07. The molecule has 0 saturated carbocycles. The van der Waals surface area contributed by atoms with Crippen LogP contribution in [-0.4, -0.2) is 13.1 Å². The van der Waals surface area contributed by atoms with Gasteiger partial charge in [-0.05, 0) is 43.5 Å². The number of halogens is 1. The van der Waals surface area contributed by atoms with E-state index in [9.17, 15) is 0 Å². The fraction of sp³-hybridized carbons (Fsp3) is 0.600. The highest BCUT2D eigenvalue weighted by molar-refractivity contribution is 9.10. The summed E-state index contributed by atoms with van der Waals surface area (Å²) in [5.74, 6) is 0.820. The van der Waals surface area contributed by atoms with Gasteiger partial charge in [0.2, 0.25) is 0 Å². The Bertz CT molecular complexity index is 305. The van der Waals surface area contributed by atoms with Crippen molar-refractivity contribution in [1.29, 1.82) is 0 Å². The maximum atomic E-state index is 3.47. The summed E-state index contributed by atoms with van der Waals surface area (Å²) in [4.78, 5) is 0. The molecule has 1 nitrogen and oxygen atoms in total. The predicted molar refractivity (Wildman–Crippen MR) is 79.4 cm³/mol. The first-order chi connectivity index (χ1) is 8.11. The second-order valence-electron chi connectivity index (χ2n) is 5.14. The average Bonchev–Trinajstić information content (AvgIpc) is 2.30. The highest BCUT2D eigenvalue weighted by Crippen LogP contribution is 2.15. The van der Waals surface area contributed by atoms with Gasteiger partial charge in [0.15, 0.2) is 0 Å². The van der Waals surface area contributed by atoms with Crippen molar-refractivity contribution < 1.29 is 0 Å². The zero-order chi connectivity index (χ0) is 12.7. The molecule has 0 bridgehead atoms. The average molecular weight is 298 g/mol. The number of hydrogen-bond donors (Lipinski definition) is 1. The summed E-state index contributed by atoms with van der Waals surface area (Å²) in [5.41, 5.74) is 1.41. The monoisotopic (exact) mass is 297 g/mol. The molecule has 1 rings (SSSR count). The minimum absolute atomic E-state index is 0.606. The first-order valence-corrected chi connectivity index (χ1v) is 7.33. The molecule has 96 valence electrons. The molecule has 17 heavy (non-hydrogen) atoms. The lowest BCUT2D eigenvalue weighted by molar-refractivity contribution is 0.457. The van der Waals surface area contributed by atoms with Crippen LogP contribution >= 0.6 is 15.9 Å². The quantitative estimate of drug-likeness (QED) is 0.786. The Labute approximate surface area is 114 Å². The third-order valence-electron chi connectivity index (χ3n) is 3.14. The molecule has 1 aromatic rings. The molecular weight excluding hydrogens is 274 g/mol. The lowest BCUT2D eigenvalue weighted by Crippen LogP contribution is -2.27. The SMILES string of the molecule is CNC(CCCC(C)C)Cc1ccc(Br)cc1. The Morgan fingerprint density at radius 1 is 1.12 bits per heavy atom. The van der Waals surface area contributed by atoms with Crippen molar-refractivity contribution in [2.45, 2.75) is 45.6 Å².